The first-order chi connectivity index (χ1) is 12.3. The molecule has 133 valence electrons. The standard InChI is InChI=1S/C18H15N2O5S/c1-13-2-4-14(5-3-13)6-7-15-8-10-16(11-9-15)26(24,25)20(23)17(12-21)18(19)22/h2-5,8-11,17,23H,1H3,(H2,19,22)/t17-/m1/s1. The third-order valence-electron chi connectivity index (χ3n) is 3.40. The first kappa shape index (κ1) is 19.3. The number of primary amides is 1. The van der Waals surface area contributed by atoms with Crippen LogP contribution in [0.25, 0.3) is 0 Å². The van der Waals surface area contributed by atoms with Gasteiger partial charge in [-0.1, -0.05) is 34.0 Å². The maximum atomic E-state index is 12.2. The lowest BCUT2D eigenvalue weighted by molar-refractivity contribution is -0.126. The minimum atomic E-state index is -4.51. The highest BCUT2D eigenvalue weighted by Gasteiger charge is 2.34. The number of rotatable bonds is 5. The molecular weight excluding hydrogens is 356 g/mol. The van der Waals surface area contributed by atoms with Gasteiger partial charge in [-0.05, 0) is 43.3 Å². The molecule has 0 aromatic heterocycles. The summed E-state index contributed by atoms with van der Waals surface area (Å²) in [6.45, 7) is 1.96. The summed E-state index contributed by atoms with van der Waals surface area (Å²) in [6.07, 6.45) is 1.08. The predicted molar refractivity (Wildman–Crippen MR) is 93.1 cm³/mol. The van der Waals surface area contributed by atoms with Gasteiger partial charge in [0.25, 0.3) is 10.0 Å². The van der Waals surface area contributed by atoms with Gasteiger partial charge in [0.15, 0.2) is 6.04 Å². The van der Waals surface area contributed by atoms with E-state index in [-0.39, 0.29) is 4.90 Å². The fraction of sp³-hybridized carbons (Fsp3) is 0.111. The van der Waals surface area contributed by atoms with Gasteiger partial charge >= 0.3 is 0 Å². The molecule has 0 bridgehead atoms. The van der Waals surface area contributed by atoms with Crippen molar-refractivity contribution < 1.29 is 23.2 Å². The van der Waals surface area contributed by atoms with Gasteiger partial charge in [-0.2, -0.15) is 0 Å². The summed E-state index contributed by atoms with van der Waals surface area (Å²) in [5, 5.41) is 9.66. The highest BCUT2D eigenvalue weighted by atomic mass is 32.2. The number of carbonyl (C=O) groups excluding carboxylic acids is 2. The Hall–Kier alpha value is -2.99. The van der Waals surface area contributed by atoms with Crippen LogP contribution in [-0.2, 0) is 19.6 Å². The lowest BCUT2D eigenvalue weighted by Crippen LogP contribution is -2.46. The first-order valence-corrected chi connectivity index (χ1v) is 8.79. The van der Waals surface area contributed by atoms with E-state index in [2.05, 4.69) is 11.8 Å². The molecule has 0 aliphatic heterocycles. The molecule has 0 fully saturated rings. The van der Waals surface area contributed by atoms with Crippen molar-refractivity contribution in [2.75, 3.05) is 0 Å². The number of hydrogen-bond acceptors (Lipinski definition) is 5. The zero-order valence-corrected chi connectivity index (χ0v) is 14.5. The van der Waals surface area contributed by atoms with Gasteiger partial charge in [-0.25, -0.2) is 8.42 Å². The molecule has 2 aromatic rings. The van der Waals surface area contributed by atoms with Crippen molar-refractivity contribution in [2.24, 2.45) is 5.73 Å². The number of aryl methyl sites for hydroxylation is 1. The van der Waals surface area contributed by atoms with Gasteiger partial charge in [0.1, 0.15) is 0 Å². The predicted octanol–water partition coefficient (Wildman–Crippen LogP) is 0.738. The monoisotopic (exact) mass is 371 g/mol. The number of hydroxylamine groups is 1. The van der Waals surface area contributed by atoms with E-state index in [9.17, 15) is 23.2 Å². The number of amides is 1. The van der Waals surface area contributed by atoms with Gasteiger partial charge in [0.05, 0.1) is 4.90 Å². The molecule has 2 rings (SSSR count). The van der Waals surface area contributed by atoms with Crippen molar-refractivity contribution in [3.8, 4) is 11.8 Å². The molecule has 0 heterocycles. The van der Waals surface area contributed by atoms with E-state index in [1.807, 2.05) is 31.2 Å². The minimum absolute atomic E-state index is 0.331. The largest absolute Gasteiger partial charge is 0.368 e. The molecule has 0 spiro atoms. The van der Waals surface area contributed by atoms with Crippen molar-refractivity contribution in [2.45, 2.75) is 17.9 Å². The molecular formula is C18H15N2O5S. The van der Waals surface area contributed by atoms with Crippen molar-refractivity contribution in [1.82, 2.24) is 4.47 Å². The number of nitrogens with two attached hydrogens (primary N) is 1. The zero-order chi connectivity index (χ0) is 19.3. The molecule has 0 aliphatic rings. The van der Waals surface area contributed by atoms with E-state index < -0.39 is 26.4 Å². The van der Waals surface area contributed by atoms with Crippen LogP contribution in [-0.4, -0.2) is 36.3 Å². The third kappa shape index (κ3) is 4.34. The van der Waals surface area contributed by atoms with Crippen molar-refractivity contribution in [3.05, 3.63) is 65.2 Å². The summed E-state index contributed by atoms with van der Waals surface area (Å²) in [5.41, 5.74) is 7.33. The number of nitrogens with zero attached hydrogens (tertiary/aromatic N) is 1. The molecule has 0 saturated carbocycles. The third-order valence-corrected chi connectivity index (χ3v) is 4.97. The van der Waals surface area contributed by atoms with Gasteiger partial charge in [0, 0.05) is 11.1 Å². The Morgan fingerprint density at radius 2 is 1.50 bits per heavy atom. The number of carbonyl (C=O) groups is 1. The van der Waals surface area contributed by atoms with Crippen LogP contribution in [0.4, 0.5) is 0 Å². The smallest absolute Gasteiger partial charge is 0.266 e. The quantitative estimate of drug-likeness (QED) is 0.457. The summed E-state index contributed by atoms with van der Waals surface area (Å²) in [5.74, 6) is 4.48. The van der Waals surface area contributed by atoms with Crippen LogP contribution in [0.15, 0.2) is 53.4 Å². The Morgan fingerprint density at radius 3 is 1.92 bits per heavy atom. The molecule has 1 amide bonds. The second-order valence-corrected chi connectivity index (χ2v) is 7.14. The summed E-state index contributed by atoms with van der Waals surface area (Å²) >= 11 is 0. The fourth-order valence-electron chi connectivity index (χ4n) is 1.95. The van der Waals surface area contributed by atoms with E-state index in [4.69, 9.17) is 5.73 Å². The van der Waals surface area contributed by atoms with Crippen molar-refractivity contribution in [3.63, 3.8) is 0 Å². The van der Waals surface area contributed by atoms with E-state index in [1.165, 1.54) is 24.3 Å². The Morgan fingerprint density at radius 1 is 1.04 bits per heavy atom. The van der Waals surface area contributed by atoms with Crippen LogP contribution in [0, 0.1) is 18.8 Å². The van der Waals surface area contributed by atoms with Crippen LogP contribution in [0.3, 0.4) is 0 Å². The van der Waals surface area contributed by atoms with Gasteiger partial charge in [-0.3, -0.25) is 14.8 Å². The molecule has 1 radical (unpaired) electrons. The molecule has 1 atom stereocenters. The highest BCUT2D eigenvalue weighted by molar-refractivity contribution is 7.89. The molecule has 26 heavy (non-hydrogen) atoms. The van der Waals surface area contributed by atoms with E-state index in [1.54, 1.807) is 0 Å². The van der Waals surface area contributed by atoms with Crippen LogP contribution < -0.4 is 5.73 Å². The van der Waals surface area contributed by atoms with E-state index in [0.29, 0.717) is 5.56 Å². The zero-order valence-electron chi connectivity index (χ0n) is 13.7. The van der Waals surface area contributed by atoms with Crippen molar-refractivity contribution >= 4 is 22.2 Å². The topological polar surface area (TPSA) is 118 Å². The average Bonchev–Trinajstić information content (AvgIpc) is 2.62. The molecule has 0 saturated heterocycles. The van der Waals surface area contributed by atoms with Crippen LogP contribution in [0.1, 0.15) is 16.7 Å². The van der Waals surface area contributed by atoms with E-state index >= 15 is 0 Å². The number of benzene rings is 2. The molecule has 7 nitrogen and oxygen atoms in total. The lowest BCUT2D eigenvalue weighted by Gasteiger charge is -2.17. The molecule has 8 heteroatoms. The molecule has 0 aliphatic carbocycles. The van der Waals surface area contributed by atoms with Crippen molar-refractivity contribution in [1.29, 1.82) is 0 Å². The summed E-state index contributed by atoms with van der Waals surface area (Å²) in [4.78, 5) is 21.3. The van der Waals surface area contributed by atoms with Crippen LogP contribution >= 0.6 is 0 Å². The SMILES string of the molecule is Cc1ccc(C#Cc2ccc(S(=O)(=O)N(O)[C@H]([C]=O)C(N)=O)cc2)cc1. The summed E-state index contributed by atoms with van der Waals surface area (Å²) in [7, 11) is -4.51. The summed E-state index contributed by atoms with van der Waals surface area (Å²) < 4.78 is 24.0. The second-order valence-electron chi connectivity index (χ2n) is 5.34. The normalized spacial score (nSPS) is 12.1. The Bertz CT molecular complexity index is 971. The Kier molecular flexibility index (Phi) is 5.90. The highest BCUT2D eigenvalue weighted by Crippen LogP contribution is 2.16. The van der Waals surface area contributed by atoms with E-state index in [0.717, 1.165) is 17.4 Å². The van der Waals surface area contributed by atoms with Gasteiger partial charge in [-0.15, -0.1) is 0 Å². The second kappa shape index (κ2) is 7.93. The van der Waals surface area contributed by atoms with Gasteiger partial charge in [0.2, 0.25) is 12.2 Å². The average molecular weight is 371 g/mol. The molecule has 3 N–H and O–H groups in total. The summed E-state index contributed by atoms with van der Waals surface area (Å²) in [6, 6.07) is 10.7. The lowest BCUT2D eigenvalue weighted by atomic mass is 10.1. The number of sulfonamides is 1. The maximum Gasteiger partial charge on any atom is 0.266 e. The van der Waals surface area contributed by atoms with Crippen LogP contribution in [0.2, 0.25) is 0 Å². The van der Waals surface area contributed by atoms with Gasteiger partial charge < -0.3 is 5.73 Å². The Balaban J connectivity index is 2.25. The molecule has 2 aromatic carbocycles. The first-order valence-electron chi connectivity index (χ1n) is 7.35. The van der Waals surface area contributed by atoms with Crippen LogP contribution in [0.5, 0.6) is 0 Å². The maximum absolute atomic E-state index is 12.2. The minimum Gasteiger partial charge on any atom is -0.368 e. The molecule has 0 unspecified atom stereocenters. The Labute approximate surface area is 151 Å². The fourth-order valence-corrected chi connectivity index (χ4v) is 3.07. The number of hydrogen-bond donors (Lipinski definition) is 2.